The van der Waals surface area contributed by atoms with Crippen molar-refractivity contribution in [1.29, 1.82) is 0 Å². The highest BCUT2D eigenvalue weighted by molar-refractivity contribution is 14.0. The fourth-order valence-electron chi connectivity index (χ4n) is 2.93. The number of rotatable bonds is 10. The van der Waals surface area contributed by atoms with Gasteiger partial charge in [-0.2, -0.15) is 5.10 Å². The Balaban J connectivity index is 0.00000364. The van der Waals surface area contributed by atoms with Crippen molar-refractivity contribution in [1.82, 2.24) is 25.3 Å². The molecule has 0 fully saturated rings. The minimum Gasteiger partial charge on any atom is -0.355 e. The normalized spacial score (nSPS) is 11.3. The summed E-state index contributed by atoms with van der Waals surface area (Å²) in [6.45, 7) is 10.1. The van der Waals surface area contributed by atoms with Crippen molar-refractivity contribution in [2.45, 2.75) is 33.4 Å². The van der Waals surface area contributed by atoms with E-state index in [1.807, 2.05) is 30.2 Å². The molecule has 1 aromatic heterocycles. The molecule has 0 atom stereocenters. The van der Waals surface area contributed by atoms with Gasteiger partial charge in [0.15, 0.2) is 5.96 Å². The van der Waals surface area contributed by atoms with E-state index in [4.69, 9.17) is 0 Å². The maximum absolute atomic E-state index is 4.34. The molecule has 0 aliphatic heterocycles. The zero-order valence-electron chi connectivity index (χ0n) is 16.7. The van der Waals surface area contributed by atoms with Crippen LogP contribution in [0.25, 0.3) is 0 Å². The molecule has 0 aliphatic carbocycles. The second-order valence-corrected chi connectivity index (χ2v) is 6.26. The molecule has 7 heteroatoms. The third-order valence-electron chi connectivity index (χ3n) is 4.39. The Kier molecular flexibility index (Phi) is 11.8. The van der Waals surface area contributed by atoms with Crippen molar-refractivity contribution in [2.75, 3.05) is 33.2 Å². The second kappa shape index (κ2) is 13.5. The van der Waals surface area contributed by atoms with Crippen LogP contribution >= 0.6 is 24.0 Å². The molecular formula is C20H33IN6. The Hall–Kier alpha value is -1.61. The molecule has 0 amide bonds. The number of aliphatic imine (C=N–C) groups is 1. The van der Waals surface area contributed by atoms with Crippen molar-refractivity contribution >= 4 is 29.9 Å². The van der Waals surface area contributed by atoms with E-state index >= 15 is 0 Å². The minimum atomic E-state index is 0. The summed E-state index contributed by atoms with van der Waals surface area (Å²) in [5.41, 5.74) is 2.52. The first-order valence-electron chi connectivity index (χ1n) is 9.47. The van der Waals surface area contributed by atoms with E-state index in [0.29, 0.717) is 0 Å². The molecule has 0 spiro atoms. The summed E-state index contributed by atoms with van der Waals surface area (Å²) in [5.74, 6) is 0.839. The molecule has 0 bridgehead atoms. The Labute approximate surface area is 180 Å². The topological polar surface area (TPSA) is 57.5 Å². The average molecular weight is 484 g/mol. The van der Waals surface area contributed by atoms with Gasteiger partial charge in [0.1, 0.15) is 0 Å². The van der Waals surface area contributed by atoms with Crippen LogP contribution in [0.2, 0.25) is 0 Å². The molecule has 0 radical (unpaired) electrons. The number of likely N-dealkylation sites (N-methyl/N-ethyl adjacent to an activating group) is 1. The first-order chi connectivity index (χ1) is 12.8. The highest BCUT2D eigenvalue weighted by Gasteiger charge is 2.05. The molecule has 0 aliphatic rings. The predicted octanol–water partition coefficient (Wildman–Crippen LogP) is 2.95. The molecule has 1 aromatic carbocycles. The average Bonchev–Trinajstić information content (AvgIpc) is 3.17. The van der Waals surface area contributed by atoms with Gasteiger partial charge in [0.25, 0.3) is 0 Å². The van der Waals surface area contributed by atoms with Gasteiger partial charge in [-0.15, -0.1) is 24.0 Å². The third-order valence-corrected chi connectivity index (χ3v) is 4.39. The van der Waals surface area contributed by atoms with Gasteiger partial charge in [0.05, 0.1) is 6.54 Å². The van der Waals surface area contributed by atoms with Crippen LogP contribution in [-0.2, 0) is 13.1 Å². The molecule has 1 heterocycles. The van der Waals surface area contributed by atoms with Gasteiger partial charge in [0.2, 0.25) is 0 Å². The van der Waals surface area contributed by atoms with Gasteiger partial charge in [-0.3, -0.25) is 9.67 Å². The zero-order chi connectivity index (χ0) is 18.6. The summed E-state index contributed by atoms with van der Waals surface area (Å²) >= 11 is 0. The van der Waals surface area contributed by atoms with Gasteiger partial charge < -0.3 is 15.5 Å². The van der Waals surface area contributed by atoms with Crippen molar-refractivity contribution < 1.29 is 0 Å². The number of aromatic nitrogens is 2. The fourth-order valence-corrected chi connectivity index (χ4v) is 2.93. The fraction of sp³-hybridized carbons (Fsp3) is 0.500. The lowest BCUT2D eigenvalue weighted by Gasteiger charge is -2.20. The predicted molar refractivity (Wildman–Crippen MR) is 124 cm³/mol. The van der Waals surface area contributed by atoms with Crippen LogP contribution in [0.1, 0.15) is 31.4 Å². The standard InChI is InChI=1S/C20H32N6.HI/c1-4-13-25(5-2)15-12-22-20(21-3)23-16-18-9-6-7-10-19(18)17-26-14-8-11-24-26;/h6-11,14H,4-5,12-13,15-17H2,1-3H3,(H2,21,22,23);1H. The largest absolute Gasteiger partial charge is 0.355 e. The Morgan fingerprint density at radius 2 is 1.89 bits per heavy atom. The van der Waals surface area contributed by atoms with Gasteiger partial charge in [-0.25, -0.2) is 0 Å². The lowest BCUT2D eigenvalue weighted by Crippen LogP contribution is -2.41. The SMILES string of the molecule is CCCN(CC)CCNC(=NC)NCc1ccccc1Cn1cccn1.I. The molecule has 27 heavy (non-hydrogen) atoms. The van der Waals surface area contributed by atoms with Crippen LogP contribution < -0.4 is 10.6 Å². The molecule has 2 rings (SSSR count). The van der Waals surface area contributed by atoms with E-state index in [0.717, 1.165) is 45.2 Å². The van der Waals surface area contributed by atoms with Crippen molar-refractivity contribution in [3.8, 4) is 0 Å². The molecular weight excluding hydrogens is 451 g/mol. The second-order valence-electron chi connectivity index (χ2n) is 6.26. The summed E-state index contributed by atoms with van der Waals surface area (Å²) in [6.07, 6.45) is 4.99. The molecule has 6 nitrogen and oxygen atoms in total. The molecule has 150 valence electrons. The first kappa shape index (κ1) is 23.4. The highest BCUT2D eigenvalue weighted by Crippen LogP contribution is 2.10. The number of halogens is 1. The lowest BCUT2D eigenvalue weighted by molar-refractivity contribution is 0.293. The van der Waals surface area contributed by atoms with E-state index in [2.05, 4.69) is 63.7 Å². The van der Waals surface area contributed by atoms with E-state index < -0.39 is 0 Å². The number of nitrogens with one attached hydrogen (secondary N) is 2. The summed E-state index contributed by atoms with van der Waals surface area (Å²) in [7, 11) is 1.81. The third kappa shape index (κ3) is 8.30. The van der Waals surface area contributed by atoms with Crippen LogP contribution in [0.5, 0.6) is 0 Å². The van der Waals surface area contributed by atoms with Crippen molar-refractivity contribution in [3.05, 3.63) is 53.9 Å². The van der Waals surface area contributed by atoms with Crippen LogP contribution in [0.15, 0.2) is 47.7 Å². The van der Waals surface area contributed by atoms with E-state index in [-0.39, 0.29) is 24.0 Å². The van der Waals surface area contributed by atoms with Gasteiger partial charge in [-0.05, 0) is 36.7 Å². The van der Waals surface area contributed by atoms with E-state index in [1.54, 1.807) is 0 Å². The van der Waals surface area contributed by atoms with E-state index in [1.165, 1.54) is 17.5 Å². The van der Waals surface area contributed by atoms with Gasteiger partial charge in [-0.1, -0.05) is 38.1 Å². The Morgan fingerprint density at radius 3 is 2.52 bits per heavy atom. The zero-order valence-corrected chi connectivity index (χ0v) is 19.0. The Morgan fingerprint density at radius 1 is 1.11 bits per heavy atom. The van der Waals surface area contributed by atoms with Crippen molar-refractivity contribution in [3.63, 3.8) is 0 Å². The quantitative estimate of drug-likeness (QED) is 0.310. The molecule has 0 unspecified atom stereocenters. The van der Waals surface area contributed by atoms with Crippen LogP contribution in [0.4, 0.5) is 0 Å². The summed E-state index contributed by atoms with van der Waals surface area (Å²) < 4.78 is 1.94. The number of benzene rings is 1. The minimum absolute atomic E-state index is 0. The first-order valence-corrected chi connectivity index (χ1v) is 9.47. The smallest absolute Gasteiger partial charge is 0.191 e. The summed E-state index contributed by atoms with van der Waals surface area (Å²) in [4.78, 5) is 6.78. The number of hydrogen-bond donors (Lipinski definition) is 2. The molecule has 2 N–H and O–H groups in total. The maximum Gasteiger partial charge on any atom is 0.191 e. The van der Waals surface area contributed by atoms with Gasteiger partial charge >= 0.3 is 0 Å². The Bertz CT molecular complexity index is 656. The number of hydrogen-bond acceptors (Lipinski definition) is 3. The summed E-state index contributed by atoms with van der Waals surface area (Å²) in [6, 6.07) is 10.4. The molecule has 0 saturated heterocycles. The number of guanidine groups is 1. The van der Waals surface area contributed by atoms with Crippen LogP contribution in [0.3, 0.4) is 0 Å². The lowest BCUT2D eigenvalue weighted by atomic mass is 10.1. The summed E-state index contributed by atoms with van der Waals surface area (Å²) in [5, 5.41) is 11.1. The monoisotopic (exact) mass is 484 g/mol. The van der Waals surface area contributed by atoms with Crippen molar-refractivity contribution in [2.24, 2.45) is 4.99 Å². The molecule has 2 aromatic rings. The van der Waals surface area contributed by atoms with Crippen LogP contribution in [0, 0.1) is 0 Å². The maximum atomic E-state index is 4.34. The number of nitrogens with zero attached hydrogens (tertiary/aromatic N) is 4. The van der Waals surface area contributed by atoms with Gasteiger partial charge in [0, 0.05) is 39.1 Å². The molecule has 0 saturated carbocycles. The van der Waals surface area contributed by atoms with Crippen LogP contribution in [-0.4, -0.2) is 53.9 Å². The highest BCUT2D eigenvalue weighted by atomic mass is 127. The van der Waals surface area contributed by atoms with E-state index in [9.17, 15) is 0 Å².